The van der Waals surface area contributed by atoms with E-state index in [0.717, 1.165) is 22.2 Å². The summed E-state index contributed by atoms with van der Waals surface area (Å²) < 4.78 is 1.72. The van der Waals surface area contributed by atoms with Crippen LogP contribution in [0.2, 0.25) is 0 Å². The molecule has 0 saturated heterocycles. The Hall–Kier alpha value is -2.89. The molecule has 2 aromatic heterocycles. The Balaban J connectivity index is 2.40. The van der Waals surface area contributed by atoms with E-state index in [2.05, 4.69) is 15.2 Å². The summed E-state index contributed by atoms with van der Waals surface area (Å²) in [4.78, 5) is 4.33. The summed E-state index contributed by atoms with van der Waals surface area (Å²) in [5.41, 5.74) is 8.88. The molecule has 2 heterocycles. The quantitative estimate of drug-likeness (QED) is 0.321. The average molecular weight is 267 g/mol. The molecule has 0 saturated carbocycles. The third-order valence-corrected chi connectivity index (χ3v) is 3.07. The number of pyridine rings is 1. The maximum atomic E-state index is 8.94. The molecule has 0 spiro atoms. The van der Waals surface area contributed by atoms with Crippen LogP contribution in [0.3, 0.4) is 0 Å². The Bertz CT molecular complexity index is 806. The Kier molecular flexibility index (Phi) is 2.83. The van der Waals surface area contributed by atoms with Gasteiger partial charge in [-0.15, -0.1) is 0 Å². The number of nitrogens with two attached hydrogens (primary N) is 1. The van der Waals surface area contributed by atoms with Crippen LogP contribution >= 0.6 is 0 Å². The summed E-state index contributed by atoms with van der Waals surface area (Å²) >= 11 is 0. The van der Waals surface area contributed by atoms with Crippen molar-refractivity contribution in [2.45, 2.75) is 6.92 Å². The van der Waals surface area contributed by atoms with E-state index in [4.69, 9.17) is 10.9 Å². The minimum Gasteiger partial charge on any atom is -0.409 e. The molecule has 1 aromatic carbocycles. The molecule has 6 heteroatoms. The lowest BCUT2D eigenvalue weighted by atomic mass is 10.1. The maximum absolute atomic E-state index is 8.94. The number of oxime groups is 1. The SMILES string of the molecule is Cc1cnn(-c2c(/C(N)=N/O)cnc3ccccc23)c1. The summed E-state index contributed by atoms with van der Waals surface area (Å²) in [5, 5.41) is 17.2. The second-order valence-electron chi connectivity index (χ2n) is 4.49. The van der Waals surface area contributed by atoms with Gasteiger partial charge in [-0.1, -0.05) is 23.4 Å². The van der Waals surface area contributed by atoms with E-state index in [-0.39, 0.29) is 5.84 Å². The van der Waals surface area contributed by atoms with Crippen LogP contribution in [0.5, 0.6) is 0 Å². The Morgan fingerprint density at radius 1 is 1.30 bits per heavy atom. The van der Waals surface area contributed by atoms with E-state index in [1.165, 1.54) is 0 Å². The van der Waals surface area contributed by atoms with Crippen molar-refractivity contribution in [1.29, 1.82) is 0 Å². The first kappa shape index (κ1) is 12.2. The highest BCUT2D eigenvalue weighted by Gasteiger charge is 2.14. The molecular formula is C14H13N5O. The first-order valence-corrected chi connectivity index (χ1v) is 6.08. The molecular weight excluding hydrogens is 254 g/mol. The molecule has 0 fully saturated rings. The van der Waals surface area contributed by atoms with Gasteiger partial charge in [0.15, 0.2) is 5.84 Å². The van der Waals surface area contributed by atoms with Crippen LogP contribution in [-0.4, -0.2) is 25.8 Å². The molecule has 0 aliphatic carbocycles. The Morgan fingerprint density at radius 2 is 2.10 bits per heavy atom. The molecule has 6 nitrogen and oxygen atoms in total. The zero-order chi connectivity index (χ0) is 14.1. The average Bonchev–Trinajstić information content (AvgIpc) is 2.91. The molecule has 0 aliphatic rings. The normalized spacial score (nSPS) is 11.9. The number of rotatable bonds is 2. The molecule has 0 atom stereocenters. The van der Waals surface area contributed by atoms with Crippen molar-refractivity contribution in [3.05, 3.63) is 54.0 Å². The van der Waals surface area contributed by atoms with Gasteiger partial charge in [-0.05, 0) is 18.6 Å². The Morgan fingerprint density at radius 3 is 2.80 bits per heavy atom. The first-order chi connectivity index (χ1) is 9.70. The number of amidine groups is 1. The van der Waals surface area contributed by atoms with Gasteiger partial charge in [0.1, 0.15) is 0 Å². The van der Waals surface area contributed by atoms with Crippen LogP contribution in [-0.2, 0) is 0 Å². The second kappa shape index (κ2) is 4.65. The zero-order valence-electron chi connectivity index (χ0n) is 10.9. The standard InChI is InChI=1S/C14H13N5O/c1-9-6-17-19(8-9)13-10-4-2-3-5-12(10)16-7-11(13)14(15)18-20/h2-8,20H,1H3,(H2,15,18). The van der Waals surface area contributed by atoms with Gasteiger partial charge in [0.05, 0.1) is 23.0 Å². The number of benzene rings is 1. The van der Waals surface area contributed by atoms with Crippen molar-refractivity contribution in [3.8, 4) is 5.69 Å². The number of nitrogens with zero attached hydrogens (tertiary/aromatic N) is 4. The van der Waals surface area contributed by atoms with Gasteiger partial charge in [0.2, 0.25) is 0 Å². The zero-order valence-corrected chi connectivity index (χ0v) is 10.9. The van der Waals surface area contributed by atoms with Gasteiger partial charge in [0, 0.05) is 17.8 Å². The van der Waals surface area contributed by atoms with E-state index < -0.39 is 0 Å². The predicted octanol–water partition coefficient (Wildman–Crippen LogP) is 1.82. The fraction of sp³-hybridized carbons (Fsp3) is 0.0714. The van der Waals surface area contributed by atoms with Crippen molar-refractivity contribution < 1.29 is 5.21 Å². The van der Waals surface area contributed by atoms with Gasteiger partial charge in [-0.3, -0.25) is 4.98 Å². The Labute approximate surface area is 115 Å². The van der Waals surface area contributed by atoms with Crippen LogP contribution in [0.25, 0.3) is 16.6 Å². The van der Waals surface area contributed by atoms with Crippen LogP contribution in [0, 0.1) is 6.92 Å². The first-order valence-electron chi connectivity index (χ1n) is 6.08. The lowest BCUT2D eigenvalue weighted by Gasteiger charge is -2.11. The molecule has 0 unspecified atom stereocenters. The lowest BCUT2D eigenvalue weighted by molar-refractivity contribution is 0.318. The predicted molar refractivity (Wildman–Crippen MR) is 76.1 cm³/mol. The van der Waals surface area contributed by atoms with E-state index >= 15 is 0 Å². The van der Waals surface area contributed by atoms with Crippen molar-refractivity contribution >= 4 is 16.7 Å². The van der Waals surface area contributed by atoms with Crippen LogP contribution in [0.4, 0.5) is 0 Å². The molecule has 3 N–H and O–H groups in total. The molecule has 3 aromatic rings. The maximum Gasteiger partial charge on any atom is 0.173 e. The number of aryl methyl sites for hydroxylation is 1. The number of hydrogen-bond donors (Lipinski definition) is 2. The molecule has 20 heavy (non-hydrogen) atoms. The lowest BCUT2D eigenvalue weighted by Crippen LogP contribution is -2.17. The van der Waals surface area contributed by atoms with Gasteiger partial charge in [0.25, 0.3) is 0 Å². The van der Waals surface area contributed by atoms with E-state index in [9.17, 15) is 0 Å². The number of fused-ring (bicyclic) bond motifs is 1. The van der Waals surface area contributed by atoms with Crippen LogP contribution in [0.1, 0.15) is 11.1 Å². The smallest absolute Gasteiger partial charge is 0.173 e. The molecule has 100 valence electrons. The fourth-order valence-electron chi connectivity index (χ4n) is 2.15. The highest BCUT2D eigenvalue weighted by atomic mass is 16.4. The van der Waals surface area contributed by atoms with Crippen molar-refractivity contribution in [1.82, 2.24) is 14.8 Å². The third-order valence-electron chi connectivity index (χ3n) is 3.07. The summed E-state index contributed by atoms with van der Waals surface area (Å²) in [6.07, 6.45) is 5.23. The minimum atomic E-state index is 0.00593. The van der Waals surface area contributed by atoms with Gasteiger partial charge in [-0.25, -0.2) is 4.68 Å². The summed E-state index contributed by atoms with van der Waals surface area (Å²) in [7, 11) is 0. The summed E-state index contributed by atoms with van der Waals surface area (Å²) in [5.74, 6) is 0.00593. The molecule has 0 aliphatic heterocycles. The monoisotopic (exact) mass is 267 g/mol. The van der Waals surface area contributed by atoms with E-state index in [1.54, 1.807) is 17.1 Å². The van der Waals surface area contributed by atoms with Gasteiger partial charge < -0.3 is 10.9 Å². The van der Waals surface area contributed by atoms with Crippen LogP contribution < -0.4 is 5.73 Å². The van der Waals surface area contributed by atoms with Gasteiger partial charge in [-0.2, -0.15) is 5.10 Å². The van der Waals surface area contributed by atoms with Crippen LogP contribution in [0.15, 0.2) is 48.0 Å². The number of hydrogen-bond acceptors (Lipinski definition) is 4. The van der Waals surface area contributed by atoms with Gasteiger partial charge >= 0.3 is 0 Å². The van der Waals surface area contributed by atoms with Crippen molar-refractivity contribution in [2.24, 2.45) is 10.9 Å². The molecule has 0 bridgehead atoms. The fourth-order valence-corrected chi connectivity index (χ4v) is 2.15. The van der Waals surface area contributed by atoms with Crippen molar-refractivity contribution in [3.63, 3.8) is 0 Å². The largest absolute Gasteiger partial charge is 0.409 e. The topological polar surface area (TPSA) is 89.3 Å². The summed E-state index contributed by atoms with van der Waals surface area (Å²) in [6, 6.07) is 7.67. The summed E-state index contributed by atoms with van der Waals surface area (Å²) in [6.45, 7) is 1.95. The van der Waals surface area contributed by atoms with E-state index in [1.807, 2.05) is 37.4 Å². The van der Waals surface area contributed by atoms with E-state index in [0.29, 0.717) is 5.56 Å². The molecule has 0 amide bonds. The third kappa shape index (κ3) is 1.87. The molecule has 3 rings (SSSR count). The minimum absolute atomic E-state index is 0.00593. The van der Waals surface area contributed by atoms with Crippen molar-refractivity contribution in [2.75, 3.05) is 0 Å². The number of aromatic nitrogens is 3. The number of para-hydroxylation sites is 1. The second-order valence-corrected chi connectivity index (χ2v) is 4.49. The highest BCUT2D eigenvalue weighted by molar-refractivity contribution is 6.05. The molecule has 0 radical (unpaired) electrons. The highest BCUT2D eigenvalue weighted by Crippen LogP contribution is 2.24.